The summed E-state index contributed by atoms with van der Waals surface area (Å²) < 4.78 is 0. The minimum atomic E-state index is -1.11. The van der Waals surface area contributed by atoms with E-state index in [-0.39, 0.29) is 30.5 Å². The van der Waals surface area contributed by atoms with Crippen LogP contribution in [-0.2, 0) is 9.59 Å². The molecule has 1 amide bonds. The highest BCUT2D eigenvalue weighted by atomic mass is 32.2. The van der Waals surface area contributed by atoms with Crippen molar-refractivity contribution in [1.29, 1.82) is 0 Å². The zero-order valence-corrected chi connectivity index (χ0v) is 9.76. The third kappa shape index (κ3) is 3.86. The van der Waals surface area contributed by atoms with Gasteiger partial charge in [0.2, 0.25) is 11.9 Å². The van der Waals surface area contributed by atoms with Crippen molar-refractivity contribution in [3.8, 4) is 0 Å². The number of rotatable bonds is 6. The number of carbonyl (C=O) groups is 2. The van der Waals surface area contributed by atoms with Crippen molar-refractivity contribution < 1.29 is 19.6 Å². The summed E-state index contributed by atoms with van der Waals surface area (Å²) in [5.41, 5.74) is 5.25. The Balaban J connectivity index is 2.15. The van der Waals surface area contributed by atoms with Crippen molar-refractivity contribution in [2.24, 2.45) is 5.73 Å². The lowest BCUT2D eigenvalue weighted by atomic mass is 10.1. The molecule has 1 saturated heterocycles. The topological polar surface area (TPSA) is 127 Å². The molecule has 1 atom stereocenters. The molecule has 1 heterocycles. The number of nitro groups is 1. The van der Waals surface area contributed by atoms with E-state index in [9.17, 15) is 19.7 Å². The molecule has 0 aromatic heterocycles. The lowest BCUT2D eigenvalue weighted by Gasteiger charge is -2.33. The number of carboxylic acid groups (broad SMARTS) is 1. The Kier molecular flexibility index (Phi) is 4.70. The quantitative estimate of drug-likeness (QED) is 0.446. The fourth-order valence-electron chi connectivity index (χ4n) is 1.23. The average molecular weight is 263 g/mol. The summed E-state index contributed by atoms with van der Waals surface area (Å²) in [7, 11) is 0. The van der Waals surface area contributed by atoms with Crippen LogP contribution >= 0.6 is 11.8 Å². The summed E-state index contributed by atoms with van der Waals surface area (Å²) in [6.45, 7) is 0.273. The highest BCUT2D eigenvalue weighted by Crippen LogP contribution is 2.13. The fraction of sp³-hybridized carbons (Fsp3) is 0.750. The number of amides is 1. The van der Waals surface area contributed by atoms with Crippen molar-refractivity contribution in [2.45, 2.75) is 12.1 Å². The van der Waals surface area contributed by atoms with Gasteiger partial charge in [0, 0.05) is 10.7 Å². The van der Waals surface area contributed by atoms with E-state index in [4.69, 9.17) is 10.8 Å². The molecule has 0 bridgehead atoms. The number of likely N-dealkylation sites (tertiary alicyclic amines) is 1. The van der Waals surface area contributed by atoms with Crippen LogP contribution in [0, 0.1) is 10.1 Å². The monoisotopic (exact) mass is 263 g/mol. The molecule has 96 valence electrons. The number of carbonyl (C=O) groups excluding carboxylic acids is 1. The van der Waals surface area contributed by atoms with E-state index in [1.807, 2.05) is 0 Å². The van der Waals surface area contributed by atoms with Gasteiger partial charge in [-0.3, -0.25) is 19.7 Å². The molecule has 0 aromatic rings. The highest BCUT2D eigenvalue weighted by Gasteiger charge is 2.38. The third-order valence-electron chi connectivity index (χ3n) is 2.35. The lowest BCUT2D eigenvalue weighted by Crippen LogP contribution is -2.57. The Morgan fingerprint density at radius 3 is 2.65 bits per heavy atom. The van der Waals surface area contributed by atoms with E-state index in [0.29, 0.717) is 0 Å². The van der Waals surface area contributed by atoms with Gasteiger partial charge in [-0.2, -0.15) is 0 Å². The second-order valence-electron chi connectivity index (χ2n) is 3.70. The Bertz CT molecular complexity index is 331. The summed E-state index contributed by atoms with van der Waals surface area (Å²) in [5.74, 6) is -1.08. The molecule has 1 aliphatic rings. The number of hydrogen-bond acceptors (Lipinski definition) is 6. The molecule has 1 rings (SSSR count). The maximum Gasteiger partial charge on any atom is 0.321 e. The number of thioether (sulfide) groups is 1. The van der Waals surface area contributed by atoms with E-state index < -0.39 is 23.0 Å². The maximum atomic E-state index is 11.4. The number of nitrogens with zero attached hydrogens (tertiary/aromatic N) is 2. The molecule has 9 heteroatoms. The first-order valence-corrected chi connectivity index (χ1v) is 6.04. The molecule has 0 aromatic carbocycles. The Morgan fingerprint density at radius 1 is 1.59 bits per heavy atom. The first-order valence-electron chi connectivity index (χ1n) is 4.89. The predicted molar refractivity (Wildman–Crippen MR) is 60.3 cm³/mol. The SMILES string of the molecule is NC(CSCC(=O)N1CC([N+](=O)[O-])C1)C(=O)O. The normalized spacial score (nSPS) is 17.4. The van der Waals surface area contributed by atoms with Crippen LogP contribution in [0.5, 0.6) is 0 Å². The van der Waals surface area contributed by atoms with Crippen LogP contribution < -0.4 is 5.73 Å². The van der Waals surface area contributed by atoms with Gasteiger partial charge < -0.3 is 15.7 Å². The van der Waals surface area contributed by atoms with Crippen LogP contribution in [0.15, 0.2) is 0 Å². The van der Waals surface area contributed by atoms with Crippen molar-refractivity contribution in [1.82, 2.24) is 4.90 Å². The largest absolute Gasteiger partial charge is 0.480 e. The zero-order chi connectivity index (χ0) is 13.0. The van der Waals surface area contributed by atoms with Gasteiger partial charge in [-0.25, -0.2) is 0 Å². The molecule has 0 radical (unpaired) electrons. The average Bonchev–Trinajstić information content (AvgIpc) is 2.14. The van der Waals surface area contributed by atoms with Gasteiger partial charge in [-0.15, -0.1) is 11.8 Å². The van der Waals surface area contributed by atoms with Crippen LogP contribution in [0.25, 0.3) is 0 Å². The van der Waals surface area contributed by atoms with Gasteiger partial charge in [-0.1, -0.05) is 0 Å². The van der Waals surface area contributed by atoms with Crippen LogP contribution in [0.2, 0.25) is 0 Å². The zero-order valence-electron chi connectivity index (χ0n) is 8.94. The second kappa shape index (κ2) is 5.82. The molecule has 1 aliphatic heterocycles. The van der Waals surface area contributed by atoms with E-state index >= 15 is 0 Å². The Hall–Kier alpha value is -1.35. The maximum absolute atomic E-state index is 11.4. The van der Waals surface area contributed by atoms with Crippen LogP contribution in [0.4, 0.5) is 0 Å². The first kappa shape index (κ1) is 13.7. The number of aliphatic carboxylic acids is 1. The molecule has 1 fully saturated rings. The van der Waals surface area contributed by atoms with Gasteiger partial charge in [0.05, 0.1) is 18.8 Å². The standard InChI is InChI=1S/C8H13N3O5S/c9-6(8(13)14)3-17-4-7(12)10-1-5(2-10)11(15)16/h5-6H,1-4,9H2,(H,13,14). The summed E-state index contributed by atoms with van der Waals surface area (Å²) in [6.07, 6.45) is 0. The van der Waals surface area contributed by atoms with E-state index in [2.05, 4.69) is 0 Å². The molecule has 3 N–H and O–H groups in total. The summed E-state index contributed by atoms with van der Waals surface area (Å²) >= 11 is 1.12. The van der Waals surface area contributed by atoms with Gasteiger partial charge in [0.25, 0.3) is 0 Å². The van der Waals surface area contributed by atoms with Gasteiger partial charge in [0.15, 0.2) is 0 Å². The van der Waals surface area contributed by atoms with E-state index in [1.165, 1.54) is 4.90 Å². The highest BCUT2D eigenvalue weighted by molar-refractivity contribution is 8.00. The van der Waals surface area contributed by atoms with Gasteiger partial charge in [0.1, 0.15) is 6.04 Å². The minimum Gasteiger partial charge on any atom is -0.480 e. The Labute approximate surface area is 101 Å². The molecule has 0 aliphatic carbocycles. The molecule has 0 saturated carbocycles. The fourth-order valence-corrected chi connectivity index (χ4v) is 2.10. The van der Waals surface area contributed by atoms with Crippen molar-refractivity contribution in [3.05, 3.63) is 10.1 Å². The molecule has 1 unspecified atom stereocenters. The smallest absolute Gasteiger partial charge is 0.321 e. The van der Waals surface area contributed by atoms with E-state index in [0.717, 1.165) is 11.8 Å². The summed E-state index contributed by atoms with van der Waals surface area (Å²) in [5, 5.41) is 18.8. The van der Waals surface area contributed by atoms with Crippen molar-refractivity contribution in [3.63, 3.8) is 0 Å². The van der Waals surface area contributed by atoms with Gasteiger partial charge >= 0.3 is 5.97 Å². The molecular weight excluding hydrogens is 250 g/mol. The molecule has 8 nitrogen and oxygen atoms in total. The van der Waals surface area contributed by atoms with Crippen molar-refractivity contribution in [2.75, 3.05) is 24.6 Å². The molecular formula is C8H13N3O5S. The first-order chi connectivity index (χ1) is 7.91. The summed E-state index contributed by atoms with van der Waals surface area (Å²) in [6, 6.07) is -1.65. The predicted octanol–water partition coefficient (Wildman–Crippen LogP) is -1.38. The van der Waals surface area contributed by atoms with Crippen molar-refractivity contribution >= 4 is 23.6 Å². The molecule has 17 heavy (non-hydrogen) atoms. The number of hydrogen-bond donors (Lipinski definition) is 2. The van der Waals surface area contributed by atoms with Crippen LogP contribution in [0.1, 0.15) is 0 Å². The number of nitrogens with two attached hydrogens (primary N) is 1. The third-order valence-corrected chi connectivity index (χ3v) is 3.40. The lowest BCUT2D eigenvalue weighted by molar-refractivity contribution is -0.536. The number of carboxylic acids is 1. The van der Waals surface area contributed by atoms with Gasteiger partial charge in [-0.05, 0) is 0 Å². The minimum absolute atomic E-state index is 0.103. The Morgan fingerprint density at radius 2 is 2.18 bits per heavy atom. The van der Waals surface area contributed by atoms with Crippen LogP contribution in [-0.4, -0.2) is 63.5 Å². The summed E-state index contributed by atoms with van der Waals surface area (Å²) in [4.78, 5) is 33.1. The van der Waals surface area contributed by atoms with E-state index in [1.54, 1.807) is 0 Å². The molecule has 0 spiro atoms. The van der Waals surface area contributed by atoms with Crippen LogP contribution in [0.3, 0.4) is 0 Å². The second-order valence-corrected chi connectivity index (χ2v) is 4.73.